The first kappa shape index (κ1) is 8.85. The molecule has 3 rings (SSSR count). The van der Waals surface area contributed by atoms with Crippen molar-refractivity contribution in [2.24, 2.45) is 5.10 Å². The molecule has 4 heteroatoms. The molecule has 0 saturated heterocycles. The van der Waals surface area contributed by atoms with Crippen LogP contribution >= 0.6 is 11.8 Å². The van der Waals surface area contributed by atoms with E-state index in [9.17, 15) is 0 Å². The smallest absolute Gasteiger partial charge is 0.174 e. The Labute approximate surface area is 92.9 Å². The highest BCUT2D eigenvalue weighted by Crippen LogP contribution is 2.32. The lowest BCUT2D eigenvalue weighted by molar-refractivity contribution is 0.394. The van der Waals surface area contributed by atoms with Crippen LogP contribution in [0.1, 0.15) is 12.5 Å². The van der Waals surface area contributed by atoms with Gasteiger partial charge in [0.1, 0.15) is 0 Å². The van der Waals surface area contributed by atoms with Gasteiger partial charge < -0.3 is 5.32 Å². The first-order valence-corrected chi connectivity index (χ1v) is 5.75. The quantitative estimate of drug-likeness (QED) is 0.782. The Morgan fingerprint density at radius 3 is 2.87 bits per heavy atom. The Hall–Kier alpha value is -1.42. The zero-order valence-electron chi connectivity index (χ0n) is 8.34. The van der Waals surface area contributed by atoms with Crippen molar-refractivity contribution in [3.05, 3.63) is 42.1 Å². The van der Waals surface area contributed by atoms with Gasteiger partial charge in [0, 0.05) is 0 Å². The average Bonchev–Trinajstić information content (AvgIpc) is 2.76. The number of hydrazone groups is 1. The van der Waals surface area contributed by atoms with Crippen molar-refractivity contribution in [1.82, 2.24) is 10.3 Å². The fourth-order valence-corrected chi connectivity index (χ4v) is 2.59. The van der Waals surface area contributed by atoms with Gasteiger partial charge in [-0.2, -0.15) is 5.10 Å². The molecule has 0 amide bonds. The Balaban J connectivity index is 1.90. The molecule has 0 radical (unpaired) electrons. The van der Waals surface area contributed by atoms with E-state index < -0.39 is 0 Å². The molecule has 1 aromatic rings. The van der Waals surface area contributed by atoms with Crippen molar-refractivity contribution in [2.45, 2.75) is 12.4 Å². The van der Waals surface area contributed by atoms with Gasteiger partial charge >= 0.3 is 0 Å². The van der Waals surface area contributed by atoms with Crippen LogP contribution in [0.15, 0.2) is 41.6 Å². The zero-order valence-corrected chi connectivity index (χ0v) is 9.16. The van der Waals surface area contributed by atoms with Crippen LogP contribution < -0.4 is 5.32 Å². The van der Waals surface area contributed by atoms with E-state index in [0.29, 0.717) is 0 Å². The van der Waals surface area contributed by atoms with Gasteiger partial charge in [-0.25, -0.2) is 5.01 Å². The second-order valence-corrected chi connectivity index (χ2v) is 4.80. The van der Waals surface area contributed by atoms with Gasteiger partial charge in [-0.1, -0.05) is 42.1 Å². The third-order valence-corrected chi connectivity index (χ3v) is 3.38. The monoisotopic (exact) mass is 217 g/mol. The van der Waals surface area contributed by atoms with Crippen LogP contribution in [0.2, 0.25) is 0 Å². The van der Waals surface area contributed by atoms with Crippen molar-refractivity contribution in [1.29, 1.82) is 0 Å². The molecule has 0 aromatic heterocycles. The van der Waals surface area contributed by atoms with Crippen molar-refractivity contribution in [3.8, 4) is 0 Å². The molecule has 1 unspecified atom stereocenters. The van der Waals surface area contributed by atoms with E-state index in [1.54, 1.807) is 11.8 Å². The predicted molar refractivity (Wildman–Crippen MR) is 63.9 cm³/mol. The summed E-state index contributed by atoms with van der Waals surface area (Å²) >= 11 is 1.75. The van der Waals surface area contributed by atoms with Gasteiger partial charge in [0.25, 0.3) is 0 Å². The van der Waals surface area contributed by atoms with Crippen LogP contribution in [0.3, 0.4) is 0 Å². The van der Waals surface area contributed by atoms with Crippen molar-refractivity contribution < 1.29 is 0 Å². The van der Waals surface area contributed by atoms with Gasteiger partial charge in [-0.3, -0.25) is 0 Å². The maximum absolute atomic E-state index is 4.40. The van der Waals surface area contributed by atoms with Gasteiger partial charge in [0.05, 0.1) is 16.9 Å². The Bertz CT molecular complexity index is 438. The predicted octanol–water partition coefficient (Wildman–Crippen LogP) is 2.25. The maximum atomic E-state index is 4.40. The molecular weight excluding hydrogens is 206 g/mol. The summed E-state index contributed by atoms with van der Waals surface area (Å²) in [6, 6.07) is 10.3. The fraction of sp³-hybridized carbons (Fsp3) is 0.182. The highest BCUT2D eigenvalue weighted by atomic mass is 32.2. The summed E-state index contributed by atoms with van der Waals surface area (Å²) in [6.07, 6.45) is 2.06. The molecule has 1 atom stereocenters. The van der Waals surface area contributed by atoms with E-state index in [4.69, 9.17) is 0 Å². The second-order valence-electron chi connectivity index (χ2n) is 3.52. The Kier molecular flexibility index (Phi) is 1.95. The van der Waals surface area contributed by atoms with E-state index in [1.165, 1.54) is 5.56 Å². The minimum atomic E-state index is 0.250. The zero-order chi connectivity index (χ0) is 10.3. The summed E-state index contributed by atoms with van der Waals surface area (Å²) in [4.78, 5) is 0. The van der Waals surface area contributed by atoms with Crippen LogP contribution in [-0.4, -0.2) is 15.6 Å². The van der Waals surface area contributed by atoms with Gasteiger partial charge in [0.2, 0.25) is 0 Å². The Morgan fingerprint density at radius 2 is 2.13 bits per heavy atom. The van der Waals surface area contributed by atoms with E-state index in [1.807, 2.05) is 30.1 Å². The van der Waals surface area contributed by atoms with E-state index >= 15 is 0 Å². The number of nitrogens with zero attached hydrogens (tertiary/aromatic N) is 2. The SMILES string of the molecule is CC1=NN2C=C(c3ccccc3)NC2S1. The number of hydrogen-bond acceptors (Lipinski definition) is 4. The molecule has 0 fully saturated rings. The number of thioether (sulfide) groups is 1. The number of fused-ring (bicyclic) bond motifs is 1. The van der Waals surface area contributed by atoms with Crippen LogP contribution in [0.25, 0.3) is 5.70 Å². The number of benzene rings is 1. The summed E-state index contributed by atoms with van der Waals surface area (Å²) in [5, 5.41) is 10.9. The summed E-state index contributed by atoms with van der Waals surface area (Å²) in [6.45, 7) is 2.03. The molecule has 0 bridgehead atoms. The van der Waals surface area contributed by atoms with E-state index in [-0.39, 0.29) is 5.50 Å². The fourth-order valence-electron chi connectivity index (χ4n) is 1.72. The van der Waals surface area contributed by atoms with E-state index in [0.717, 1.165) is 10.7 Å². The van der Waals surface area contributed by atoms with Crippen LogP contribution in [0, 0.1) is 0 Å². The number of nitrogens with one attached hydrogen (secondary N) is 1. The van der Waals surface area contributed by atoms with Crippen molar-refractivity contribution in [2.75, 3.05) is 0 Å². The van der Waals surface area contributed by atoms with Crippen molar-refractivity contribution in [3.63, 3.8) is 0 Å². The lowest BCUT2D eigenvalue weighted by Gasteiger charge is -2.11. The molecule has 0 saturated carbocycles. The first-order valence-electron chi connectivity index (χ1n) is 4.87. The molecule has 0 spiro atoms. The lowest BCUT2D eigenvalue weighted by Crippen LogP contribution is -2.25. The van der Waals surface area contributed by atoms with Gasteiger partial charge in [-0.05, 0) is 12.5 Å². The Morgan fingerprint density at radius 1 is 1.33 bits per heavy atom. The van der Waals surface area contributed by atoms with Gasteiger partial charge in [-0.15, -0.1) is 0 Å². The summed E-state index contributed by atoms with van der Waals surface area (Å²) in [7, 11) is 0. The van der Waals surface area contributed by atoms with E-state index in [2.05, 4.69) is 28.8 Å². The molecule has 2 aliphatic heterocycles. The molecular formula is C11H11N3S. The van der Waals surface area contributed by atoms with Crippen LogP contribution in [-0.2, 0) is 0 Å². The minimum absolute atomic E-state index is 0.250. The highest BCUT2D eigenvalue weighted by Gasteiger charge is 2.30. The lowest BCUT2D eigenvalue weighted by atomic mass is 10.2. The second kappa shape index (κ2) is 3.31. The normalized spacial score (nSPS) is 23.3. The molecule has 1 N–H and O–H groups in total. The molecule has 1 aromatic carbocycles. The largest absolute Gasteiger partial charge is 0.353 e. The first-order chi connectivity index (χ1) is 7.33. The molecule has 76 valence electrons. The van der Waals surface area contributed by atoms with Crippen LogP contribution in [0.5, 0.6) is 0 Å². The summed E-state index contributed by atoms with van der Waals surface area (Å²) < 4.78 is 0. The summed E-state index contributed by atoms with van der Waals surface area (Å²) in [5.41, 5.74) is 2.60. The average molecular weight is 217 g/mol. The topological polar surface area (TPSA) is 27.6 Å². The maximum Gasteiger partial charge on any atom is 0.174 e. The van der Waals surface area contributed by atoms with Crippen LogP contribution in [0.4, 0.5) is 0 Å². The third-order valence-electron chi connectivity index (χ3n) is 2.40. The van der Waals surface area contributed by atoms with Crippen molar-refractivity contribution >= 4 is 22.5 Å². The third kappa shape index (κ3) is 1.51. The summed E-state index contributed by atoms with van der Waals surface area (Å²) in [5.74, 6) is 0. The highest BCUT2D eigenvalue weighted by molar-refractivity contribution is 8.14. The number of hydrogen-bond donors (Lipinski definition) is 1. The molecule has 2 heterocycles. The minimum Gasteiger partial charge on any atom is -0.353 e. The molecule has 0 aliphatic carbocycles. The van der Waals surface area contributed by atoms with Gasteiger partial charge in [0.15, 0.2) is 5.50 Å². The molecule has 2 aliphatic rings. The number of rotatable bonds is 1. The standard InChI is InChI=1S/C11H11N3S/c1-8-13-14-7-10(12-11(14)15-8)9-5-3-2-4-6-9/h2-7,11-12H,1H3. The molecule has 15 heavy (non-hydrogen) atoms. The molecule has 3 nitrogen and oxygen atoms in total.